The highest BCUT2D eigenvalue weighted by Crippen LogP contribution is 2.31. The average molecular weight is 359 g/mol. The van der Waals surface area contributed by atoms with E-state index in [1.165, 1.54) is 34.3 Å². The molecule has 0 heterocycles. The number of amides is 1. The molecule has 1 amide bonds. The van der Waals surface area contributed by atoms with E-state index in [0.717, 1.165) is 0 Å². The fraction of sp³-hybridized carbons (Fsp3) is 0.263. The van der Waals surface area contributed by atoms with Crippen LogP contribution in [0.15, 0.2) is 42.5 Å². The fourth-order valence-electron chi connectivity index (χ4n) is 2.31. The molecule has 0 unspecified atom stereocenters. The number of hydrogen-bond donors (Lipinski definition) is 1. The van der Waals surface area contributed by atoms with Crippen LogP contribution in [-0.2, 0) is 9.53 Å². The molecule has 0 fully saturated rings. The Morgan fingerprint density at radius 3 is 2.19 bits per heavy atom. The Kier molecular flexibility index (Phi) is 6.43. The number of hydrogen-bond acceptors (Lipinski definition) is 6. The quantitative estimate of drug-likeness (QED) is 0.766. The number of carbonyl (C=O) groups is 2. The number of esters is 1. The van der Waals surface area contributed by atoms with Crippen LogP contribution >= 0.6 is 0 Å². The smallest absolute Gasteiger partial charge is 0.342 e. The Morgan fingerprint density at radius 2 is 1.54 bits per heavy atom. The predicted molar refractivity (Wildman–Crippen MR) is 96.0 cm³/mol. The third kappa shape index (κ3) is 4.24. The molecular weight excluding hydrogens is 338 g/mol. The van der Waals surface area contributed by atoms with E-state index >= 15 is 0 Å². The molecule has 2 rings (SSSR count). The van der Waals surface area contributed by atoms with Crippen molar-refractivity contribution in [3.63, 3.8) is 0 Å². The van der Waals surface area contributed by atoms with Gasteiger partial charge in [-0.05, 0) is 31.2 Å². The zero-order chi connectivity index (χ0) is 19.1. The Labute approximate surface area is 151 Å². The molecule has 26 heavy (non-hydrogen) atoms. The highest BCUT2D eigenvalue weighted by atomic mass is 16.6. The summed E-state index contributed by atoms with van der Waals surface area (Å²) in [6.07, 6.45) is -1.02. The number of rotatable bonds is 7. The van der Waals surface area contributed by atoms with Crippen molar-refractivity contribution in [3.8, 4) is 17.2 Å². The van der Waals surface area contributed by atoms with E-state index in [2.05, 4.69) is 5.32 Å². The monoisotopic (exact) mass is 359 g/mol. The molecule has 0 aromatic heterocycles. The first-order valence-corrected chi connectivity index (χ1v) is 7.87. The van der Waals surface area contributed by atoms with Crippen molar-refractivity contribution in [2.75, 3.05) is 26.6 Å². The normalized spacial score (nSPS) is 11.2. The lowest BCUT2D eigenvalue weighted by atomic mass is 10.2. The molecule has 1 atom stereocenters. The maximum atomic E-state index is 12.4. The van der Waals surface area contributed by atoms with Gasteiger partial charge in [0.15, 0.2) is 17.6 Å². The maximum Gasteiger partial charge on any atom is 0.342 e. The van der Waals surface area contributed by atoms with Crippen LogP contribution in [-0.4, -0.2) is 39.3 Å². The lowest BCUT2D eigenvalue weighted by Crippen LogP contribution is -2.30. The number of nitrogens with one attached hydrogen (secondary N) is 1. The lowest BCUT2D eigenvalue weighted by Gasteiger charge is -2.16. The molecule has 0 aliphatic carbocycles. The Bertz CT molecular complexity index is 789. The van der Waals surface area contributed by atoms with Crippen LogP contribution in [0.3, 0.4) is 0 Å². The summed E-state index contributed by atoms with van der Waals surface area (Å²) in [7, 11) is 4.40. The van der Waals surface area contributed by atoms with Crippen LogP contribution in [0.1, 0.15) is 17.3 Å². The first kappa shape index (κ1) is 19.1. The average Bonchev–Trinajstić information content (AvgIpc) is 2.67. The van der Waals surface area contributed by atoms with Crippen molar-refractivity contribution in [2.45, 2.75) is 13.0 Å². The third-order valence-corrected chi connectivity index (χ3v) is 3.64. The number of anilines is 1. The van der Waals surface area contributed by atoms with Crippen molar-refractivity contribution >= 4 is 17.6 Å². The lowest BCUT2D eigenvalue weighted by molar-refractivity contribution is -0.123. The molecule has 1 N–H and O–H groups in total. The molecule has 0 radical (unpaired) electrons. The predicted octanol–water partition coefficient (Wildman–Crippen LogP) is 2.90. The Hall–Kier alpha value is -3.22. The van der Waals surface area contributed by atoms with Crippen molar-refractivity contribution in [2.24, 2.45) is 0 Å². The number of ether oxygens (including phenoxy) is 4. The van der Waals surface area contributed by atoms with Gasteiger partial charge in [0.05, 0.1) is 27.0 Å². The summed E-state index contributed by atoms with van der Waals surface area (Å²) in [4.78, 5) is 24.7. The van der Waals surface area contributed by atoms with Gasteiger partial charge in [0.1, 0.15) is 11.3 Å². The SMILES string of the molecule is COc1ccccc1NC(=O)[C@H](C)OC(=O)c1cccc(OC)c1OC. The molecule has 7 heteroatoms. The summed E-state index contributed by atoms with van der Waals surface area (Å²) in [5.41, 5.74) is 0.658. The summed E-state index contributed by atoms with van der Waals surface area (Å²) in [6, 6.07) is 11.8. The van der Waals surface area contributed by atoms with Crippen molar-refractivity contribution in [1.29, 1.82) is 0 Å². The third-order valence-electron chi connectivity index (χ3n) is 3.64. The second-order valence-corrected chi connectivity index (χ2v) is 5.28. The van der Waals surface area contributed by atoms with Gasteiger partial charge < -0.3 is 24.3 Å². The Morgan fingerprint density at radius 1 is 0.885 bits per heavy atom. The largest absolute Gasteiger partial charge is 0.495 e. The van der Waals surface area contributed by atoms with Gasteiger partial charge in [-0.25, -0.2) is 4.79 Å². The minimum absolute atomic E-state index is 0.170. The van der Waals surface area contributed by atoms with Gasteiger partial charge in [-0.2, -0.15) is 0 Å². The topological polar surface area (TPSA) is 83.1 Å². The molecule has 0 saturated heterocycles. The van der Waals surface area contributed by atoms with Crippen molar-refractivity contribution in [3.05, 3.63) is 48.0 Å². The second kappa shape index (κ2) is 8.75. The van der Waals surface area contributed by atoms with Gasteiger partial charge in [-0.15, -0.1) is 0 Å². The molecule has 0 bridgehead atoms. The second-order valence-electron chi connectivity index (χ2n) is 5.28. The van der Waals surface area contributed by atoms with Crippen molar-refractivity contribution < 1.29 is 28.5 Å². The van der Waals surface area contributed by atoms with Gasteiger partial charge in [0.2, 0.25) is 0 Å². The van der Waals surface area contributed by atoms with E-state index in [4.69, 9.17) is 18.9 Å². The van der Waals surface area contributed by atoms with E-state index in [1.807, 2.05) is 0 Å². The summed E-state index contributed by atoms with van der Waals surface area (Å²) in [5, 5.41) is 2.67. The van der Waals surface area contributed by atoms with E-state index in [-0.39, 0.29) is 11.3 Å². The zero-order valence-corrected chi connectivity index (χ0v) is 15.1. The van der Waals surface area contributed by atoms with E-state index < -0.39 is 18.0 Å². The van der Waals surface area contributed by atoms with Crippen molar-refractivity contribution in [1.82, 2.24) is 0 Å². The number of benzene rings is 2. The van der Waals surface area contributed by atoms with Crippen LogP contribution in [0.2, 0.25) is 0 Å². The molecule has 0 aliphatic rings. The van der Waals surface area contributed by atoms with Crippen LogP contribution in [0, 0.1) is 0 Å². The summed E-state index contributed by atoms with van der Waals surface area (Å²) >= 11 is 0. The van der Waals surface area contributed by atoms with Crippen LogP contribution in [0.25, 0.3) is 0 Å². The molecule has 138 valence electrons. The molecule has 0 saturated carbocycles. The molecule has 2 aromatic rings. The van der Waals surface area contributed by atoms with Gasteiger partial charge in [0.25, 0.3) is 5.91 Å². The molecule has 0 spiro atoms. The van der Waals surface area contributed by atoms with E-state index in [1.54, 1.807) is 36.4 Å². The van der Waals surface area contributed by atoms with Crippen LogP contribution in [0.4, 0.5) is 5.69 Å². The first-order valence-electron chi connectivity index (χ1n) is 7.87. The zero-order valence-electron chi connectivity index (χ0n) is 15.1. The highest BCUT2D eigenvalue weighted by molar-refractivity contribution is 5.99. The number of carbonyl (C=O) groups excluding carboxylic acids is 2. The standard InChI is InChI=1S/C19H21NO6/c1-12(18(21)20-14-9-5-6-10-15(14)23-2)26-19(22)13-8-7-11-16(24-3)17(13)25-4/h5-12H,1-4H3,(H,20,21)/t12-/m0/s1. The van der Waals surface area contributed by atoms with E-state index in [9.17, 15) is 9.59 Å². The van der Waals surface area contributed by atoms with Gasteiger partial charge >= 0.3 is 5.97 Å². The Balaban J connectivity index is 2.10. The minimum atomic E-state index is -1.02. The highest BCUT2D eigenvalue weighted by Gasteiger charge is 2.23. The molecular formula is C19H21NO6. The maximum absolute atomic E-state index is 12.4. The summed E-state index contributed by atoms with van der Waals surface area (Å²) in [5.74, 6) is -0.0209. The van der Waals surface area contributed by atoms with E-state index in [0.29, 0.717) is 17.2 Å². The molecule has 0 aliphatic heterocycles. The summed E-state index contributed by atoms with van der Waals surface area (Å²) < 4.78 is 20.8. The van der Waals surface area contributed by atoms with Crippen LogP contribution < -0.4 is 19.5 Å². The first-order chi connectivity index (χ1) is 12.5. The van der Waals surface area contributed by atoms with Crippen LogP contribution in [0.5, 0.6) is 17.2 Å². The van der Waals surface area contributed by atoms with Gasteiger partial charge in [0, 0.05) is 0 Å². The van der Waals surface area contributed by atoms with Gasteiger partial charge in [-0.3, -0.25) is 4.79 Å². The number of para-hydroxylation sites is 3. The minimum Gasteiger partial charge on any atom is -0.495 e. The number of methoxy groups -OCH3 is 3. The summed E-state index contributed by atoms with van der Waals surface area (Å²) in [6.45, 7) is 1.48. The molecule has 2 aromatic carbocycles. The molecule has 7 nitrogen and oxygen atoms in total. The fourth-order valence-corrected chi connectivity index (χ4v) is 2.31. The van der Waals surface area contributed by atoms with Gasteiger partial charge in [-0.1, -0.05) is 18.2 Å².